The summed E-state index contributed by atoms with van der Waals surface area (Å²) in [6.07, 6.45) is 1.50. The van der Waals surface area contributed by atoms with Gasteiger partial charge in [0.2, 0.25) is 0 Å². The van der Waals surface area contributed by atoms with Crippen molar-refractivity contribution in [1.29, 1.82) is 0 Å². The number of halogens is 1. The number of rotatable bonds is 7. The standard InChI is InChI=1S/C21H17ClN4O4/c1-30-18-9-7-17(8-10-18)24-21(27)15-4-11-19(20(12-15)26(28)29)25-23-13-14-2-5-16(22)6-3-14/h2-13,25H,1H3,(H,24,27)/b23-13+. The molecule has 3 aromatic carbocycles. The first kappa shape index (κ1) is 20.8. The molecule has 1 amide bonds. The first-order valence-corrected chi connectivity index (χ1v) is 9.12. The molecule has 0 spiro atoms. The molecule has 0 saturated heterocycles. The highest BCUT2D eigenvalue weighted by Gasteiger charge is 2.17. The van der Waals surface area contributed by atoms with E-state index < -0.39 is 10.8 Å². The van der Waals surface area contributed by atoms with Gasteiger partial charge in [0.15, 0.2) is 0 Å². The van der Waals surface area contributed by atoms with E-state index in [1.165, 1.54) is 24.4 Å². The van der Waals surface area contributed by atoms with Crippen molar-refractivity contribution < 1.29 is 14.5 Å². The number of anilines is 2. The number of methoxy groups -OCH3 is 1. The Morgan fingerprint density at radius 3 is 2.43 bits per heavy atom. The van der Waals surface area contributed by atoms with Gasteiger partial charge in [0.05, 0.1) is 18.2 Å². The fraction of sp³-hybridized carbons (Fsp3) is 0.0476. The molecule has 0 heterocycles. The van der Waals surface area contributed by atoms with Crippen molar-refractivity contribution in [1.82, 2.24) is 0 Å². The van der Waals surface area contributed by atoms with E-state index in [0.29, 0.717) is 16.5 Å². The molecular formula is C21H17ClN4O4. The molecular weight excluding hydrogens is 408 g/mol. The van der Waals surface area contributed by atoms with Crippen LogP contribution >= 0.6 is 11.6 Å². The summed E-state index contributed by atoms with van der Waals surface area (Å²) in [4.78, 5) is 23.3. The Morgan fingerprint density at radius 1 is 1.10 bits per heavy atom. The molecule has 0 radical (unpaired) electrons. The van der Waals surface area contributed by atoms with Crippen LogP contribution in [0.5, 0.6) is 5.75 Å². The number of benzene rings is 3. The molecule has 0 aliphatic heterocycles. The van der Waals surface area contributed by atoms with Gasteiger partial charge in [-0.25, -0.2) is 0 Å². The molecule has 8 nitrogen and oxygen atoms in total. The van der Waals surface area contributed by atoms with Crippen molar-refractivity contribution in [2.24, 2.45) is 5.10 Å². The monoisotopic (exact) mass is 424 g/mol. The maximum absolute atomic E-state index is 12.5. The highest BCUT2D eigenvalue weighted by molar-refractivity contribution is 6.30. The Balaban J connectivity index is 1.74. The first-order chi connectivity index (χ1) is 14.5. The quantitative estimate of drug-likeness (QED) is 0.317. The molecule has 0 aliphatic carbocycles. The van der Waals surface area contributed by atoms with Gasteiger partial charge in [-0.3, -0.25) is 20.3 Å². The number of carbonyl (C=O) groups excluding carboxylic acids is 1. The van der Waals surface area contributed by atoms with Gasteiger partial charge >= 0.3 is 0 Å². The largest absolute Gasteiger partial charge is 0.497 e. The fourth-order valence-corrected chi connectivity index (χ4v) is 2.65. The minimum Gasteiger partial charge on any atom is -0.497 e. The number of nitro benzene ring substituents is 1. The summed E-state index contributed by atoms with van der Waals surface area (Å²) in [6, 6.07) is 17.8. The van der Waals surface area contributed by atoms with E-state index in [1.807, 2.05) is 0 Å². The Kier molecular flexibility index (Phi) is 6.61. The number of carbonyl (C=O) groups is 1. The van der Waals surface area contributed by atoms with Crippen molar-refractivity contribution in [3.05, 3.63) is 93.0 Å². The van der Waals surface area contributed by atoms with E-state index in [1.54, 1.807) is 55.6 Å². The molecule has 0 bridgehead atoms. The third-order valence-corrected chi connectivity index (χ3v) is 4.33. The van der Waals surface area contributed by atoms with Gasteiger partial charge in [0.1, 0.15) is 11.4 Å². The molecule has 30 heavy (non-hydrogen) atoms. The van der Waals surface area contributed by atoms with Crippen LogP contribution in [0.3, 0.4) is 0 Å². The second-order valence-electron chi connectivity index (χ2n) is 6.09. The van der Waals surface area contributed by atoms with Crippen LogP contribution in [0, 0.1) is 10.1 Å². The fourth-order valence-electron chi connectivity index (χ4n) is 2.52. The zero-order valence-corrected chi connectivity index (χ0v) is 16.6. The summed E-state index contributed by atoms with van der Waals surface area (Å²) >= 11 is 5.83. The summed E-state index contributed by atoms with van der Waals surface area (Å²) in [7, 11) is 1.54. The topological polar surface area (TPSA) is 106 Å². The third kappa shape index (κ3) is 5.33. The van der Waals surface area contributed by atoms with Gasteiger partial charge in [-0.05, 0) is 54.1 Å². The minimum atomic E-state index is -0.579. The number of nitro groups is 1. The van der Waals surface area contributed by atoms with Crippen LogP contribution in [0.4, 0.5) is 17.1 Å². The first-order valence-electron chi connectivity index (χ1n) is 8.75. The van der Waals surface area contributed by atoms with E-state index in [0.717, 1.165) is 5.56 Å². The Labute approximate surface area is 177 Å². The van der Waals surface area contributed by atoms with Crippen molar-refractivity contribution in [3.8, 4) is 5.75 Å². The zero-order chi connectivity index (χ0) is 21.5. The molecule has 0 saturated carbocycles. The van der Waals surface area contributed by atoms with Crippen LogP contribution in [-0.2, 0) is 0 Å². The lowest BCUT2D eigenvalue weighted by molar-refractivity contribution is -0.384. The number of nitrogens with one attached hydrogen (secondary N) is 2. The molecule has 3 rings (SSSR count). The van der Waals surface area contributed by atoms with Crippen LogP contribution < -0.4 is 15.5 Å². The second-order valence-corrected chi connectivity index (χ2v) is 6.53. The van der Waals surface area contributed by atoms with Gasteiger partial charge in [0, 0.05) is 22.3 Å². The Bertz CT molecular complexity index is 1080. The van der Waals surface area contributed by atoms with E-state index in [9.17, 15) is 14.9 Å². The van der Waals surface area contributed by atoms with E-state index in [2.05, 4.69) is 15.8 Å². The lowest BCUT2D eigenvalue weighted by atomic mass is 10.1. The highest BCUT2D eigenvalue weighted by atomic mass is 35.5. The van der Waals surface area contributed by atoms with Crippen molar-refractivity contribution >= 4 is 40.8 Å². The number of hydrogen-bond acceptors (Lipinski definition) is 6. The predicted octanol–water partition coefficient (Wildman–Crippen LogP) is 4.96. The average Bonchev–Trinajstić information content (AvgIpc) is 2.75. The van der Waals surface area contributed by atoms with Crippen LogP contribution in [0.2, 0.25) is 5.02 Å². The van der Waals surface area contributed by atoms with Gasteiger partial charge in [0.25, 0.3) is 11.6 Å². The van der Waals surface area contributed by atoms with Gasteiger partial charge in [-0.1, -0.05) is 23.7 Å². The maximum atomic E-state index is 12.5. The van der Waals surface area contributed by atoms with Gasteiger partial charge < -0.3 is 10.1 Å². The van der Waals surface area contributed by atoms with E-state index >= 15 is 0 Å². The van der Waals surface area contributed by atoms with E-state index in [-0.39, 0.29) is 16.9 Å². The number of hydrazone groups is 1. The summed E-state index contributed by atoms with van der Waals surface area (Å²) in [5.74, 6) is 0.178. The summed E-state index contributed by atoms with van der Waals surface area (Å²) in [5.41, 5.74) is 3.97. The van der Waals surface area contributed by atoms with E-state index in [4.69, 9.17) is 16.3 Å². The summed E-state index contributed by atoms with van der Waals surface area (Å²) < 4.78 is 5.07. The lowest BCUT2D eigenvalue weighted by Crippen LogP contribution is -2.12. The molecule has 0 unspecified atom stereocenters. The number of nitrogens with zero attached hydrogens (tertiary/aromatic N) is 2. The smallest absolute Gasteiger partial charge is 0.294 e. The van der Waals surface area contributed by atoms with Crippen molar-refractivity contribution in [3.63, 3.8) is 0 Å². The molecule has 0 aliphatic rings. The lowest BCUT2D eigenvalue weighted by Gasteiger charge is -2.08. The SMILES string of the molecule is COc1ccc(NC(=O)c2ccc(N/N=C/c3ccc(Cl)cc3)c([N+](=O)[O-])c2)cc1. The van der Waals surface area contributed by atoms with Crippen molar-refractivity contribution in [2.45, 2.75) is 0 Å². The minimum absolute atomic E-state index is 0.143. The molecule has 3 aromatic rings. The molecule has 9 heteroatoms. The average molecular weight is 425 g/mol. The summed E-state index contributed by atoms with van der Waals surface area (Å²) in [6.45, 7) is 0. The Morgan fingerprint density at radius 2 is 1.80 bits per heavy atom. The number of hydrogen-bond donors (Lipinski definition) is 2. The van der Waals surface area contributed by atoms with Crippen LogP contribution in [0.25, 0.3) is 0 Å². The highest BCUT2D eigenvalue weighted by Crippen LogP contribution is 2.26. The molecule has 0 aromatic heterocycles. The molecule has 0 atom stereocenters. The molecule has 152 valence electrons. The van der Waals surface area contributed by atoms with Gasteiger partial charge in [-0.15, -0.1) is 0 Å². The predicted molar refractivity (Wildman–Crippen MR) is 117 cm³/mol. The van der Waals surface area contributed by atoms with Crippen LogP contribution in [0.1, 0.15) is 15.9 Å². The van der Waals surface area contributed by atoms with Gasteiger partial charge in [-0.2, -0.15) is 5.10 Å². The van der Waals surface area contributed by atoms with Crippen LogP contribution in [0.15, 0.2) is 71.8 Å². The molecule has 2 N–H and O–H groups in total. The number of ether oxygens (including phenoxy) is 1. The Hall–Kier alpha value is -3.91. The third-order valence-electron chi connectivity index (χ3n) is 4.07. The van der Waals surface area contributed by atoms with Crippen molar-refractivity contribution in [2.75, 3.05) is 17.9 Å². The maximum Gasteiger partial charge on any atom is 0.294 e. The summed E-state index contributed by atoms with van der Waals surface area (Å²) in [5, 5.41) is 18.7. The molecule has 0 fully saturated rings. The second kappa shape index (κ2) is 9.53. The zero-order valence-electron chi connectivity index (χ0n) is 15.8. The normalized spacial score (nSPS) is 10.6. The van der Waals surface area contributed by atoms with Crippen LogP contribution in [-0.4, -0.2) is 24.2 Å². The number of amides is 1.